The first kappa shape index (κ1) is 22.4. The summed E-state index contributed by atoms with van der Waals surface area (Å²) in [5.41, 5.74) is 1.89. The van der Waals surface area contributed by atoms with E-state index in [1.807, 2.05) is 12.1 Å². The number of aryl methyl sites for hydroxylation is 1. The van der Waals surface area contributed by atoms with Crippen molar-refractivity contribution >= 4 is 52.5 Å². The van der Waals surface area contributed by atoms with Gasteiger partial charge in [0, 0.05) is 21.2 Å². The summed E-state index contributed by atoms with van der Waals surface area (Å²) in [6, 6.07) is 18.3. The van der Waals surface area contributed by atoms with E-state index in [0.717, 1.165) is 4.90 Å². The average molecular weight is 455 g/mol. The van der Waals surface area contributed by atoms with Crippen molar-refractivity contribution in [1.29, 1.82) is 0 Å². The number of hydrogen-bond donors (Lipinski definition) is 3. The van der Waals surface area contributed by atoms with Gasteiger partial charge in [-0.15, -0.1) is 11.8 Å². The van der Waals surface area contributed by atoms with Gasteiger partial charge in [0.1, 0.15) is 0 Å². The lowest BCUT2D eigenvalue weighted by molar-refractivity contribution is -0.113. The Labute approximate surface area is 188 Å². The summed E-state index contributed by atoms with van der Waals surface area (Å²) in [5, 5.41) is 15.3. The Morgan fingerprint density at radius 3 is 2.32 bits per heavy atom. The lowest BCUT2D eigenvalue weighted by Crippen LogP contribution is -2.17. The standard InChI is InChI=1S/C23H19ClN2O4S/c1-14-12-15(22(28)26-20-5-3-2-4-18(20)23(29)30)6-11-19(14)25-21(27)13-31-17-9-7-16(24)8-10-17/h2-12H,13H2,1H3,(H,25,27)(H,26,28)(H,29,30). The van der Waals surface area contributed by atoms with Crippen LogP contribution in [-0.2, 0) is 4.79 Å². The Morgan fingerprint density at radius 1 is 0.935 bits per heavy atom. The Kier molecular flexibility index (Phi) is 7.33. The van der Waals surface area contributed by atoms with E-state index in [4.69, 9.17) is 11.6 Å². The van der Waals surface area contributed by atoms with Crippen molar-refractivity contribution in [2.24, 2.45) is 0 Å². The molecule has 0 atom stereocenters. The number of carbonyl (C=O) groups is 3. The molecule has 31 heavy (non-hydrogen) atoms. The molecular weight excluding hydrogens is 436 g/mol. The molecule has 0 aliphatic carbocycles. The van der Waals surface area contributed by atoms with Crippen molar-refractivity contribution in [3.8, 4) is 0 Å². The number of aromatic carboxylic acids is 1. The molecule has 0 unspecified atom stereocenters. The summed E-state index contributed by atoms with van der Waals surface area (Å²) in [4.78, 5) is 37.1. The highest BCUT2D eigenvalue weighted by molar-refractivity contribution is 8.00. The minimum atomic E-state index is -1.12. The Balaban J connectivity index is 1.63. The molecule has 3 aromatic rings. The zero-order chi connectivity index (χ0) is 22.4. The van der Waals surface area contributed by atoms with Crippen LogP contribution in [0.1, 0.15) is 26.3 Å². The van der Waals surface area contributed by atoms with E-state index in [1.165, 1.54) is 23.9 Å². The molecule has 0 spiro atoms. The molecule has 0 heterocycles. The molecule has 0 saturated carbocycles. The summed E-state index contributed by atoms with van der Waals surface area (Å²) >= 11 is 7.25. The maximum absolute atomic E-state index is 12.6. The van der Waals surface area contributed by atoms with Gasteiger partial charge in [0.15, 0.2) is 0 Å². The van der Waals surface area contributed by atoms with E-state index in [2.05, 4.69) is 10.6 Å². The third-order valence-corrected chi connectivity index (χ3v) is 5.62. The van der Waals surface area contributed by atoms with Gasteiger partial charge in [-0.3, -0.25) is 9.59 Å². The predicted octanol–water partition coefficient (Wildman–Crippen LogP) is 5.33. The fraction of sp³-hybridized carbons (Fsp3) is 0.0870. The van der Waals surface area contributed by atoms with Gasteiger partial charge in [0.2, 0.25) is 5.91 Å². The minimum Gasteiger partial charge on any atom is -0.478 e. The van der Waals surface area contributed by atoms with E-state index in [-0.39, 0.29) is 22.9 Å². The van der Waals surface area contributed by atoms with Gasteiger partial charge in [-0.2, -0.15) is 0 Å². The van der Waals surface area contributed by atoms with Crippen LogP contribution < -0.4 is 10.6 Å². The van der Waals surface area contributed by atoms with Gasteiger partial charge < -0.3 is 15.7 Å². The van der Waals surface area contributed by atoms with E-state index in [1.54, 1.807) is 49.4 Å². The number of rotatable bonds is 7. The Morgan fingerprint density at radius 2 is 1.65 bits per heavy atom. The fourth-order valence-corrected chi connectivity index (χ4v) is 3.61. The van der Waals surface area contributed by atoms with Crippen LogP contribution in [0.5, 0.6) is 0 Å². The summed E-state index contributed by atoms with van der Waals surface area (Å²) in [7, 11) is 0. The number of carboxylic acids is 1. The van der Waals surface area contributed by atoms with Crippen LogP contribution in [0.4, 0.5) is 11.4 Å². The first-order valence-corrected chi connectivity index (χ1v) is 10.6. The number of carbonyl (C=O) groups excluding carboxylic acids is 2. The molecule has 8 heteroatoms. The molecule has 0 bridgehead atoms. The van der Waals surface area contributed by atoms with Gasteiger partial charge in [-0.25, -0.2) is 4.79 Å². The van der Waals surface area contributed by atoms with Crippen LogP contribution >= 0.6 is 23.4 Å². The third-order valence-electron chi connectivity index (χ3n) is 4.35. The number of nitrogens with one attached hydrogen (secondary N) is 2. The van der Waals surface area contributed by atoms with Crippen LogP contribution in [-0.4, -0.2) is 28.6 Å². The van der Waals surface area contributed by atoms with Crippen LogP contribution in [0.2, 0.25) is 5.02 Å². The zero-order valence-electron chi connectivity index (χ0n) is 16.5. The van der Waals surface area contributed by atoms with Gasteiger partial charge in [0.25, 0.3) is 5.91 Å². The smallest absolute Gasteiger partial charge is 0.337 e. The maximum Gasteiger partial charge on any atom is 0.337 e. The highest BCUT2D eigenvalue weighted by Crippen LogP contribution is 2.22. The maximum atomic E-state index is 12.6. The molecule has 158 valence electrons. The first-order chi connectivity index (χ1) is 14.8. The molecule has 2 amide bonds. The molecule has 3 rings (SSSR count). The minimum absolute atomic E-state index is 0.00893. The number of para-hydroxylation sites is 1. The predicted molar refractivity (Wildman–Crippen MR) is 123 cm³/mol. The number of carboxylic acid groups (broad SMARTS) is 1. The SMILES string of the molecule is Cc1cc(C(=O)Nc2ccccc2C(=O)O)ccc1NC(=O)CSc1ccc(Cl)cc1. The van der Waals surface area contributed by atoms with E-state index in [0.29, 0.717) is 21.8 Å². The number of anilines is 2. The number of amides is 2. The highest BCUT2D eigenvalue weighted by atomic mass is 35.5. The van der Waals surface area contributed by atoms with Crippen molar-refractivity contribution < 1.29 is 19.5 Å². The summed E-state index contributed by atoms with van der Waals surface area (Å²) in [6.45, 7) is 1.78. The number of thioether (sulfide) groups is 1. The highest BCUT2D eigenvalue weighted by Gasteiger charge is 2.14. The molecule has 3 N–H and O–H groups in total. The van der Waals surface area contributed by atoms with Gasteiger partial charge >= 0.3 is 5.97 Å². The van der Waals surface area contributed by atoms with Crippen LogP contribution in [0.25, 0.3) is 0 Å². The molecule has 3 aromatic carbocycles. The molecule has 0 radical (unpaired) electrons. The Bertz CT molecular complexity index is 1130. The van der Waals surface area contributed by atoms with E-state index in [9.17, 15) is 19.5 Å². The summed E-state index contributed by atoms with van der Waals surface area (Å²) in [6.07, 6.45) is 0. The average Bonchev–Trinajstić information content (AvgIpc) is 2.75. The van der Waals surface area contributed by atoms with Crippen molar-refractivity contribution in [3.63, 3.8) is 0 Å². The largest absolute Gasteiger partial charge is 0.478 e. The molecule has 0 aliphatic heterocycles. The molecule has 0 aromatic heterocycles. The second-order valence-electron chi connectivity index (χ2n) is 6.63. The Hall–Kier alpha value is -3.29. The summed E-state index contributed by atoms with van der Waals surface area (Å²) < 4.78 is 0. The first-order valence-electron chi connectivity index (χ1n) is 9.26. The zero-order valence-corrected chi connectivity index (χ0v) is 18.1. The topological polar surface area (TPSA) is 95.5 Å². The molecule has 0 fully saturated rings. The molecule has 0 aliphatic rings. The van der Waals surface area contributed by atoms with E-state index < -0.39 is 11.9 Å². The monoisotopic (exact) mass is 454 g/mol. The number of hydrogen-bond acceptors (Lipinski definition) is 4. The van der Waals surface area contributed by atoms with Gasteiger partial charge in [-0.05, 0) is 67.1 Å². The van der Waals surface area contributed by atoms with Crippen molar-refractivity contribution in [3.05, 3.63) is 88.4 Å². The number of benzene rings is 3. The quantitative estimate of drug-likeness (QED) is 0.419. The van der Waals surface area contributed by atoms with Crippen LogP contribution in [0.15, 0.2) is 71.6 Å². The third kappa shape index (κ3) is 6.10. The van der Waals surface area contributed by atoms with Gasteiger partial charge in [-0.1, -0.05) is 23.7 Å². The van der Waals surface area contributed by atoms with Crippen LogP contribution in [0.3, 0.4) is 0 Å². The molecular formula is C23H19ClN2O4S. The second kappa shape index (κ2) is 10.1. The van der Waals surface area contributed by atoms with Crippen molar-refractivity contribution in [2.75, 3.05) is 16.4 Å². The molecule has 0 saturated heterocycles. The van der Waals surface area contributed by atoms with Gasteiger partial charge in [0.05, 0.1) is 17.0 Å². The van der Waals surface area contributed by atoms with Crippen LogP contribution in [0, 0.1) is 6.92 Å². The molecule has 6 nitrogen and oxygen atoms in total. The second-order valence-corrected chi connectivity index (χ2v) is 8.11. The number of halogens is 1. The van der Waals surface area contributed by atoms with E-state index >= 15 is 0 Å². The normalized spacial score (nSPS) is 10.4. The van der Waals surface area contributed by atoms with Crippen molar-refractivity contribution in [2.45, 2.75) is 11.8 Å². The fourth-order valence-electron chi connectivity index (χ4n) is 2.78. The van der Waals surface area contributed by atoms with Crippen molar-refractivity contribution in [1.82, 2.24) is 0 Å². The lowest BCUT2D eigenvalue weighted by Gasteiger charge is -2.12. The lowest BCUT2D eigenvalue weighted by atomic mass is 10.1. The summed E-state index contributed by atoms with van der Waals surface area (Å²) in [5.74, 6) is -1.50.